The van der Waals surface area contributed by atoms with Crippen molar-refractivity contribution in [3.05, 3.63) is 192 Å². The lowest BCUT2D eigenvalue weighted by Crippen LogP contribution is -2.29. The summed E-state index contributed by atoms with van der Waals surface area (Å²) in [6, 6.07) is 54.3. The van der Waals surface area contributed by atoms with Crippen LogP contribution in [0.15, 0.2) is 180 Å². The van der Waals surface area contributed by atoms with E-state index in [1.54, 1.807) is 0 Å². The zero-order valence-corrected chi connectivity index (χ0v) is 35.4. The topological polar surface area (TPSA) is 72.1 Å². The van der Waals surface area contributed by atoms with Crippen molar-refractivity contribution >= 4 is 33.8 Å². The zero-order chi connectivity index (χ0) is 41.9. The van der Waals surface area contributed by atoms with E-state index in [0.29, 0.717) is 23.4 Å². The standard InChI is InChI=1S/C54H49N7/c1-36(2)40-26-12-14-28-42(40)53(55-5)60(39-24-10-7-11-25-39)47-33-19-16-30-44(47)51-57-50(38-22-8-6-9-23-38)58-52(59-51)45-31-17-20-34-48(45)61-49-35-21-18-32-46(49)56-54(61)43-29-15-13-27-41(43)37(3)4/h6-12,14,16-37H,13,15H2,1-5H3. The first-order valence-corrected chi connectivity index (χ1v) is 21.2. The maximum atomic E-state index is 5.43. The minimum absolute atomic E-state index is 0.288. The van der Waals surface area contributed by atoms with E-state index < -0.39 is 0 Å². The number of rotatable bonds is 10. The van der Waals surface area contributed by atoms with Crippen LogP contribution in [0.25, 0.3) is 56.5 Å². The molecule has 8 aromatic rings. The molecule has 0 amide bonds. The highest BCUT2D eigenvalue weighted by Crippen LogP contribution is 2.40. The highest BCUT2D eigenvalue weighted by molar-refractivity contribution is 6.16. The van der Waals surface area contributed by atoms with Gasteiger partial charge in [-0.3, -0.25) is 14.5 Å². The zero-order valence-electron chi connectivity index (χ0n) is 35.4. The first kappa shape index (κ1) is 39.2. The van der Waals surface area contributed by atoms with Gasteiger partial charge in [-0.1, -0.05) is 149 Å². The van der Waals surface area contributed by atoms with Crippen LogP contribution in [0.4, 0.5) is 11.4 Å². The van der Waals surface area contributed by atoms with Crippen LogP contribution in [0.1, 0.15) is 63.4 Å². The molecule has 7 heteroatoms. The quantitative estimate of drug-likeness (QED) is 0.102. The largest absolute Gasteiger partial charge is 0.294 e. The molecule has 1 aliphatic rings. The molecule has 9 rings (SSSR count). The monoisotopic (exact) mass is 795 g/mol. The predicted molar refractivity (Wildman–Crippen MR) is 252 cm³/mol. The third-order valence-corrected chi connectivity index (χ3v) is 11.3. The maximum Gasteiger partial charge on any atom is 0.166 e. The van der Waals surface area contributed by atoms with Gasteiger partial charge in [0, 0.05) is 40.6 Å². The number of aromatic nitrogens is 5. The lowest BCUT2D eigenvalue weighted by atomic mass is 9.89. The lowest BCUT2D eigenvalue weighted by molar-refractivity contribution is 0.775. The van der Waals surface area contributed by atoms with E-state index in [1.807, 2.05) is 37.4 Å². The first-order chi connectivity index (χ1) is 29.9. The van der Waals surface area contributed by atoms with Crippen molar-refractivity contribution in [2.24, 2.45) is 10.9 Å². The van der Waals surface area contributed by atoms with Gasteiger partial charge in [0.25, 0.3) is 0 Å². The Morgan fingerprint density at radius 1 is 0.574 bits per heavy atom. The number of hydrogen-bond donors (Lipinski definition) is 0. The van der Waals surface area contributed by atoms with Crippen LogP contribution in [0.5, 0.6) is 0 Å². The fourth-order valence-corrected chi connectivity index (χ4v) is 8.46. The number of nitrogens with zero attached hydrogens (tertiary/aromatic N) is 7. The molecule has 7 nitrogen and oxygen atoms in total. The Bertz CT molecular complexity index is 2940. The number of fused-ring (bicyclic) bond motifs is 1. The Morgan fingerprint density at radius 2 is 1.18 bits per heavy atom. The van der Waals surface area contributed by atoms with Crippen LogP contribution in [-0.4, -0.2) is 37.4 Å². The number of imidazole rings is 1. The van der Waals surface area contributed by atoms with E-state index in [1.165, 1.54) is 16.7 Å². The van der Waals surface area contributed by atoms with E-state index in [4.69, 9.17) is 24.9 Å². The molecule has 6 aromatic carbocycles. The van der Waals surface area contributed by atoms with Gasteiger partial charge in [0.2, 0.25) is 0 Å². The lowest BCUT2D eigenvalue weighted by Gasteiger charge is -2.30. The van der Waals surface area contributed by atoms with Crippen molar-refractivity contribution < 1.29 is 0 Å². The number of para-hydroxylation sites is 5. The number of hydrogen-bond acceptors (Lipinski definition) is 5. The molecule has 0 aliphatic heterocycles. The second-order valence-corrected chi connectivity index (χ2v) is 15.9. The highest BCUT2D eigenvalue weighted by atomic mass is 15.2. The number of anilines is 2. The fraction of sp³-hybridized carbons (Fsp3) is 0.167. The van der Waals surface area contributed by atoms with Crippen molar-refractivity contribution in [1.29, 1.82) is 0 Å². The Labute approximate surface area is 358 Å². The van der Waals surface area contributed by atoms with Gasteiger partial charge in [0.05, 0.1) is 22.4 Å². The highest BCUT2D eigenvalue weighted by Gasteiger charge is 2.27. The summed E-state index contributed by atoms with van der Waals surface area (Å²) in [5.41, 5.74) is 12.2. The molecule has 0 spiro atoms. The van der Waals surface area contributed by atoms with E-state index >= 15 is 0 Å². The van der Waals surface area contributed by atoms with Crippen molar-refractivity contribution in [2.45, 2.75) is 46.5 Å². The summed E-state index contributed by atoms with van der Waals surface area (Å²) >= 11 is 0. The molecule has 0 unspecified atom stereocenters. The minimum Gasteiger partial charge on any atom is -0.294 e. The average molecular weight is 796 g/mol. The molecule has 0 bridgehead atoms. The van der Waals surface area contributed by atoms with E-state index in [-0.39, 0.29) is 5.92 Å². The Kier molecular flexibility index (Phi) is 11.0. The second-order valence-electron chi connectivity index (χ2n) is 15.9. The van der Waals surface area contributed by atoms with Crippen LogP contribution in [0.3, 0.4) is 0 Å². The van der Waals surface area contributed by atoms with Gasteiger partial charge in [0.1, 0.15) is 11.7 Å². The number of aliphatic imine (C=N–C) groups is 1. The van der Waals surface area contributed by atoms with E-state index in [0.717, 1.165) is 74.9 Å². The van der Waals surface area contributed by atoms with Crippen LogP contribution in [0.2, 0.25) is 0 Å². The number of benzene rings is 6. The molecular formula is C54H49N7. The van der Waals surface area contributed by atoms with Gasteiger partial charge < -0.3 is 0 Å². The van der Waals surface area contributed by atoms with Crippen LogP contribution in [0, 0.1) is 5.92 Å². The molecule has 2 aromatic heterocycles. The molecule has 2 heterocycles. The van der Waals surface area contributed by atoms with Crippen molar-refractivity contribution in [3.8, 4) is 39.9 Å². The van der Waals surface area contributed by atoms with Crippen LogP contribution in [-0.2, 0) is 0 Å². The van der Waals surface area contributed by atoms with Gasteiger partial charge in [-0.05, 0) is 84.3 Å². The minimum atomic E-state index is 0.288. The van der Waals surface area contributed by atoms with E-state index in [2.05, 4.69) is 177 Å². The number of allylic oxidation sites excluding steroid dienone is 4. The second kappa shape index (κ2) is 17.2. The molecule has 61 heavy (non-hydrogen) atoms. The molecule has 0 atom stereocenters. The summed E-state index contributed by atoms with van der Waals surface area (Å²) in [4.78, 5) is 28.6. The smallest absolute Gasteiger partial charge is 0.166 e. The molecule has 0 N–H and O–H groups in total. The molecule has 0 saturated carbocycles. The van der Waals surface area contributed by atoms with Gasteiger partial charge in [0.15, 0.2) is 17.5 Å². The SMILES string of the molecule is CN=C(c1ccccc1C(C)C)N(c1ccccc1)c1ccccc1-c1nc(-c2ccccc2)nc(-c2ccccc2-n2c(C3=CCCC=C3C(C)C)nc3ccccc32)n1. The van der Waals surface area contributed by atoms with Gasteiger partial charge in [-0.2, -0.15) is 0 Å². The molecule has 300 valence electrons. The van der Waals surface area contributed by atoms with Crippen molar-refractivity contribution in [3.63, 3.8) is 0 Å². The molecule has 0 radical (unpaired) electrons. The van der Waals surface area contributed by atoms with Crippen molar-refractivity contribution in [1.82, 2.24) is 24.5 Å². The maximum absolute atomic E-state index is 5.43. The molecule has 0 saturated heterocycles. The van der Waals surface area contributed by atoms with E-state index in [9.17, 15) is 0 Å². The molecular weight excluding hydrogens is 747 g/mol. The summed E-state index contributed by atoms with van der Waals surface area (Å²) in [5, 5.41) is 0. The third kappa shape index (κ3) is 7.59. The Morgan fingerprint density at radius 3 is 1.93 bits per heavy atom. The van der Waals surface area contributed by atoms with Crippen molar-refractivity contribution in [2.75, 3.05) is 11.9 Å². The van der Waals surface area contributed by atoms with Gasteiger partial charge >= 0.3 is 0 Å². The summed E-state index contributed by atoms with van der Waals surface area (Å²) < 4.78 is 2.30. The van der Waals surface area contributed by atoms with Gasteiger partial charge in [-0.15, -0.1) is 0 Å². The third-order valence-electron chi connectivity index (χ3n) is 11.3. The number of amidine groups is 1. The summed E-state index contributed by atoms with van der Waals surface area (Å²) in [5.74, 6) is 4.09. The van der Waals surface area contributed by atoms with Crippen LogP contribution < -0.4 is 4.90 Å². The normalized spacial score (nSPS) is 13.1. The first-order valence-electron chi connectivity index (χ1n) is 21.2. The Balaban J connectivity index is 1.28. The van der Waals surface area contributed by atoms with Crippen LogP contribution >= 0.6 is 0 Å². The molecule has 0 fully saturated rings. The Hall–Kier alpha value is -7.25. The molecule has 1 aliphatic carbocycles. The predicted octanol–water partition coefficient (Wildman–Crippen LogP) is 13.3. The van der Waals surface area contributed by atoms with Gasteiger partial charge in [-0.25, -0.2) is 19.9 Å². The summed E-state index contributed by atoms with van der Waals surface area (Å²) in [7, 11) is 1.87. The average Bonchev–Trinajstić information content (AvgIpc) is 3.70. The fourth-order valence-electron chi connectivity index (χ4n) is 8.46. The summed E-state index contributed by atoms with van der Waals surface area (Å²) in [6.07, 6.45) is 6.74. The summed E-state index contributed by atoms with van der Waals surface area (Å²) in [6.45, 7) is 8.98.